The molecule has 0 aliphatic rings. The molecule has 3 rings (SSSR count). The van der Waals surface area contributed by atoms with Gasteiger partial charge < -0.3 is 10.2 Å². The summed E-state index contributed by atoms with van der Waals surface area (Å²) in [5.74, 6) is -0.721. The van der Waals surface area contributed by atoms with Crippen molar-refractivity contribution in [3.8, 4) is 0 Å². The van der Waals surface area contributed by atoms with Crippen molar-refractivity contribution in [2.45, 2.75) is 71.5 Å². The van der Waals surface area contributed by atoms with E-state index in [0.717, 1.165) is 26.6 Å². The van der Waals surface area contributed by atoms with E-state index in [1.165, 1.54) is 17.0 Å². The lowest BCUT2D eigenvalue weighted by Gasteiger charge is -2.34. The summed E-state index contributed by atoms with van der Waals surface area (Å²) >= 11 is 0. The van der Waals surface area contributed by atoms with Crippen LogP contribution in [0.4, 0.5) is 5.69 Å². The molecule has 2 amide bonds. The van der Waals surface area contributed by atoms with Gasteiger partial charge in [-0.2, -0.15) is 0 Å². The van der Waals surface area contributed by atoms with Gasteiger partial charge in [-0.05, 0) is 87.6 Å². The van der Waals surface area contributed by atoms with Gasteiger partial charge in [0.25, 0.3) is 10.0 Å². The number of nitrogens with one attached hydrogen (secondary N) is 1. The highest BCUT2D eigenvalue weighted by molar-refractivity contribution is 7.92. The minimum Gasteiger partial charge on any atom is -0.352 e. The van der Waals surface area contributed by atoms with E-state index in [9.17, 15) is 18.0 Å². The Morgan fingerprint density at radius 3 is 2.03 bits per heavy atom. The fourth-order valence-electron chi connectivity index (χ4n) is 4.61. The zero-order chi connectivity index (χ0) is 28.7. The van der Waals surface area contributed by atoms with Crippen LogP contribution in [0.15, 0.2) is 77.7 Å². The standard InChI is InChI=1S/C31H39N3O4S/c1-7-29(31(36)32-22(2)3)33(20-26-14-12-11-13-25(26)6)30(35)21-34(27-18-23(4)17-24(5)19-27)39(37,38)28-15-9-8-10-16-28/h8-19,22,29H,7,20-21H2,1-6H3,(H,32,36)/t29-/m1/s1. The zero-order valence-corrected chi connectivity index (χ0v) is 24.5. The second-order valence-corrected chi connectivity index (χ2v) is 12.1. The average Bonchev–Trinajstić information content (AvgIpc) is 2.87. The Balaban J connectivity index is 2.10. The number of amides is 2. The first-order valence-corrected chi connectivity index (χ1v) is 14.7. The summed E-state index contributed by atoms with van der Waals surface area (Å²) in [6.07, 6.45) is 0.380. The summed E-state index contributed by atoms with van der Waals surface area (Å²) in [5.41, 5.74) is 4.04. The predicted octanol–water partition coefficient (Wildman–Crippen LogP) is 5.14. The van der Waals surface area contributed by atoms with Crippen LogP contribution < -0.4 is 9.62 Å². The third-order valence-electron chi connectivity index (χ3n) is 6.52. The minimum atomic E-state index is -4.08. The van der Waals surface area contributed by atoms with Crippen molar-refractivity contribution < 1.29 is 18.0 Å². The maximum Gasteiger partial charge on any atom is 0.264 e. The van der Waals surface area contributed by atoms with Crippen molar-refractivity contribution in [3.63, 3.8) is 0 Å². The number of sulfonamides is 1. The lowest BCUT2D eigenvalue weighted by Crippen LogP contribution is -2.53. The Morgan fingerprint density at radius 1 is 0.872 bits per heavy atom. The van der Waals surface area contributed by atoms with E-state index in [1.54, 1.807) is 30.3 Å². The van der Waals surface area contributed by atoms with E-state index in [4.69, 9.17) is 0 Å². The predicted molar refractivity (Wildman–Crippen MR) is 156 cm³/mol. The third-order valence-corrected chi connectivity index (χ3v) is 8.31. The summed E-state index contributed by atoms with van der Waals surface area (Å²) in [7, 11) is -4.08. The molecule has 0 fully saturated rings. The molecule has 208 valence electrons. The van der Waals surface area contributed by atoms with Crippen molar-refractivity contribution in [1.29, 1.82) is 0 Å². The molecule has 7 nitrogen and oxygen atoms in total. The summed E-state index contributed by atoms with van der Waals surface area (Å²) in [5, 5.41) is 2.92. The van der Waals surface area contributed by atoms with Crippen LogP contribution in [0, 0.1) is 20.8 Å². The maximum atomic E-state index is 14.1. The van der Waals surface area contributed by atoms with Crippen LogP contribution >= 0.6 is 0 Å². The fraction of sp³-hybridized carbons (Fsp3) is 0.355. The lowest BCUT2D eigenvalue weighted by atomic mass is 10.1. The topological polar surface area (TPSA) is 86.8 Å². The molecule has 3 aromatic rings. The first kappa shape index (κ1) is 29.9. The molecular formula is C31H39N3O4S. The van der Waals surface area contributed by atoms with E-state index in [1.807, 2.05) is 71.9 Å². The normalized spacial score (nSPS) is 12.2. The lowest BCUT2D eigenvalue weighted by molar-refractivity contribution is -0.140. The highest BCUT2D eigenvalue weighted by Crippen LogP contribution is 2.27. The Bertz CT molecular complexity index is 1380. The summed E-state index contributed by atoms with van der Waals surface area (Å²) < 4.78 is 29.0. The number of hydrogen-bond donors (Lipinski definition) is 1. The van der Waals surface area contributed by atoms with E-state index in [2.05, 4.69) is 5.32 Å². The van der Waals surface area contributed by atoms with E-state index >= 15 is 0 Å². The smallest absolute Gasteiger partial charge is 0.264 e. The highest BCUT2D eigenvalue weighted by Gasteiger charge is 2.34. The van der Waals surface area contributed by atoms with Crippen LogP contribution in [0.3, 0.4) is 0 Å². The first-order chi connectivity index (χ1) is 18.4. The molecule has 0 saturated carbocycles. The molecule has 1 atom stereocenters. The van der Waals surface area contributed by atoms with Gasteiger partial charge in [-0.15, -0.1) is 0 Å². The zero-order valence-electron chi connectivity index (χ0n) is 23.6. The SMILES string of the molecule is CC[C@H](C(=O)NC(C)C)N(Cc1ccccc1C)C(=O)CN(c1cc(C)cc(C)c1)S(=O)(=O)c1ccccc1. The summed E-state index contributed by atoms with van der Waals surface area (Å²) in [4.78, 5) is 29.0. The van der Waals surface area contributed by atoms with Gasteiger partial charge in [-0.3, -0.25) is 13.9 Å². The van der Waals surface area contributed by atoms with Crippen molar-refractivity contribution in [2.24, 2.45) is 0 Å². The number of benzene rings is 3. The molecule has 0 aliphatic carbocycles. The molecule has 0 aromatic heterocycles. The van der Waals surface area contributed by atoms with Gasteiger partial charge in [0.2, 0.25) is 11.8 Å². The molecule has 39 heavy (non-hydrogen) atoms. The molecule has 0 aliphatic heterocycles. The van der Waals surface area contributed by atoms with Crippen molar-refractivity contribution in [1.82, 2.24) is 10.2 Å². The molecule has 0 radical (unpaired) electrons. The van der Waals surface area contributed by atoms with Crippen LogP contribution in [-0.2, 0) is 26.2 Å². The van der Waals surface area contributed by atoms with Crippen LogP contribution in [0.5, 0.6) is 0 Å². The van der Waals surface area contributed by atoms with E-state index < -0.39 is 28.5 Å². The van der Waals surface area contributed by atoms with Crippen molar-refractivity contribution >= 4 is 27.5 Å². The van der Waals surface area contributed by atoms with Crippen molar-refractivity contribution in [2.75, 3.05) is 10.8 Å². The molecule has 0 bridgehead atoms. The van der Waals surface area contributed by atoms with Crippen LogP contribution in [-0.4, -0.2) is 43.8 Å². The van der Waals surface area contributed by atoms with Gasteiger partial charge in [0.05, 0.1) is 10.6 Å². The second kappa shape index (κ2) is 12.9. The Morgan fingerprint density at radius 2 is 1.46 bits per heavy atom. The van der Waals surface area contributed by atoms with Gasteiger partial charge >= 0.3 is 0 Å². The minimum absolute atomic E-state index is 0.0898. The van der Waals surface area contributed by atoms with Gasteiger partial charge in [-0.1, -0.05) is 55.5 Å². The Kier molecular flexibility index (Phi) is 9.92. The Hall–Kier alpha value is -3.65. The van der Waals surface area contributed by atoms with Gasteiger partial charge in [0, 0.05) is 12.6 Å². The largest absolute Gasteiger partial charge is 0.352 e. The van der Waals surface area contributed by atoms with Crippen LogP contribution in [0.1, 0.15) is 49.4 Å². The number of hydrogen-bond acceptors (Lipinski definition) is 4. The Labute approximate surface area is 232 Å². The third kappa shape index (κ3) is 7.47. The quantitative estimate of drug-likeness (QED) is 0.359. The van der Waals surface area contributed by atoms with Crippen LogP contribution in [0.2, 0.25) is 0 Å². The number of rotatable bonds is 11. The number of nitrogens with zero attached hydrogens (tertiary/aromatic N) is 2. The number of carbonyl (C=O) groups excluding carboxylic acids is 2. The van der Waals surface area contributed by atoms with Crippen LogP contribution in [0.25, 0.3) is 0 Å². The number of aryl methyl sites for hydroxylation is 3. The maximum absolute atomic E-state index is 14.1. The summed E-state index contributed by atoms with van der Waals surface area (Å²) in [6, 6.07) is 20.4. The van der Waals surface area contributed by atoms with Gasteiger partial charge in [0.1, 0.15) is 12.6 Å². The monoisotopic (exact) mass is 549 g/mol. The molecule has 0 heterocycles. The highest BCUT2D eigenvalue weighted by atomic mass is 32.2. The molecule has 3 aromatic carbocycles. The van der Waals surface area contributed by atoms with Crippen molar-refractivity contribution in [3.05, 3.63) is 95.1 Å². The average molecular weight is 550 g/mol. The molecule has 0 saturated heterocycles. The molecule has 1 N–H and O–H groups in total. The van der Waals surface area contributed by atoms with E-state index in [0.29, 0.717) is 12.1 Å². The van der Waals surface area contributed by atoms with Gasteiger partial charge in [0.15, 0.2) is 0 Å². The summed E-state index contributed by atoms with van der Waals surface area (Å²) in [6.45, 7) is 11.1. The molecular weight excluding hydrogens is 510 g/mol. The molecule has 0 spiro atoms. The molecule has 8 heteroatoms. The first-order valence-electron chi connectivity index (χ1n) is 13.2. The number of carbonyl (C=O) groups is 2. The number of anilines is 1. The van der Waals surface area contributed by atoms with E-state index in [-0.39, 0.29) is 23.4 Å². The van der Waals surface area contributed by atoms with Gasteiger partial charge in [-0.25, -0.2) is 8.42 Å². The fourth-order valence-corrected chi connectivity index (χ4v) is 6.03. The second-order valence-electron chi connectivity index (χ2n) is 10.2. The molecule has 0 unspecified atom stereocenters.